The standard InChI is InChI=1S/C55H106O14/c1-3-5-7-9-11-13-15-17-18-19-20-21-22-23-24-25-26-27-28-30-32-34-36-38-47(57)67-44(41-64-39-37-35-33-31-29-16-14-12-10-8-6-4-2)42-65-54-53(63)51(61)49(59)46(69-54)43-66-55-52(62)50(60)48(58)45(40-56)68-55/h44-46,48-56,58-63H,3-43H2,1-2H3. The lowest BCUT2D eigenvalue weighted by Gasteiger charge is -2.42. The topological polar surface area (TPSA) is 214 Å². The fourth-order valence-corrected chi connectivity index (χ4v) is 9.46. The molecular weight excluding hydrogens is 885 g/mol. The van der Waals surface area contributed by atoms with Crippen LogP contribution in [0.15, 0.2) is 0 Å². The lowest BCUT2D eigenvalue weighted by Crippen LogP contribution is -2.61. The summed E-state index contributed by atoms with van der Waals surface area (Å²) in [4.78, 5) is 13.0. The molecule has 2 fully saturated rings. The summed E-state index contributed by atoms with van der Waals surface area (Å²) in [5, 5.41) is 72.2. The van der Waals surface area contributed by atoms with Crippen LogP contribution in [0, 0.1) is 0 Å². The van der Waals surface area contributed by atoms with E-state index in [1.54, 1.807) is 0 Å². The number of ether oxygens (including phenoxy) is 6. The minimum absolute atomic E-state index is 0.0703. The summed E-state index contributed by atoms with van der Waals surface area (Å²) in [5.74, 6) is -0.368. The van der Waals surface area contributed by atoms with Gasteiger partial charge in [0.1, 0.15) is 54.9 Å². The molecule has 0 saturated carbocycles. The van der Waals surface area contributed by atoms with Crippen LogP contribution >= 0.6 is 0 Å². The smallest absolute Gasteiger partial charge is 0.306 e. The number of rotatable bonds is 47. The average Bonchev–Trinajstić information content (AvgIpc) is 3.35. The van der Waals surface area contributed by atoms with Gasteiger partial charge in [0.2, 0.25) is 0 Å². The van der Waals surface area contributed by atoms with E-state index in [4.69, 9.17) is 28.4 Å². The molecule has 2 aliphatic rings. The van der Waals surface area contributed by atoms with Gasteiger partial charge < -0.3 is 64.2 Å². The number of carbonyl (C=O) groups is 1. The Balaban J connectivity index is 1.68. The maximum absolute atomic E-state index is 13.0. The Hall–Kier alpha value is -1.01. The van der Waals surface area contributed by atoms with Crippen molar-refractivity contribution < 1.29 is 69.0 Å². The zero-order valence-electron chi connectivity index (χ0n) is 43.8. The normalized spacial score (nSPS) is 25.6. The van der Waals surface area contributed by atoms with Gasteiger partial charge in [-0.05, 0) is 12.8 Å². The summed E-state index contributed by atoms with van der Waals surface area (Å²) < 4.78 is 34.3. The highest BCUT2D eigenvalue weighted by Gasteiger charge is 2.47. The van der Waals surface area contributed by atoms with Gasteiger partial charge in [-0.25, -0.2) is 0 Å². The van der Waals surface area contributed by atoms with E-state index in [-0.39, 0.29) is 25.6 Å². The summed E-state index contributed by atoms with van der Waals surface area (Å²) in [5.41, 5.74) is 0. The third-order valence-corrected chi connectivity index (χ3v) is 14.1. The molecular formula is C55H106O14. The molecule has 2 rings (SSSR count). The number of hydrogen-bond donors (Lipinski definition) is 7. The number of aliphatic hydroxyl groups is 7. The molecule has 14 nitrogen and oxygen atoms in total. The van der Waals surface area contributed by atoms with Crippen LogP contribution in [-0.2, 0) is 33.2 Å². The van der Waals surface area contributed by atoms with Crippen LogP contribution in [0.5, 0.6) is 0 Å². The first-order valence-electron chi connectivity index (χ1n) is 28.6. The molecule has 2 aliphatic heterocycles. The van der Waals surface area contributed by atoms with Crippen LogP contribution in [0.1, 0.15) is 245 Å². The maximum Gasteiger partial charge on any atom is 0.306 e. The zero-order chi connectivity index (χ0) is 50.2. The molecule has 14 heteroatoms. The van der Waals surface area contributed by atoms with Gasteiger partial charge in [-0.3, -0.25) is 4.79 Å². The zero-order valence-corrected chi connectivity index (χ0v) is 43.8. The maximum atomic E-state index is 13.0. The van der Waals surface area contributed by atoms with Gasteiger partial charge >= 0.3 is 5.97 Å². The van der Waals surface area contributed by atoms with E-state index in [1.807, 2.05) is 0 Å². The summed E-state index contributed by atoms with van der Waals surface area (Å²) in [7, 11) is 0. The highest BCUT2D eigenvalue weighted by Crippen LogP contribution is 2.27. The highest BCUT2D eigenvalue weighted by atomic mass is 16.7. The first kappa shape index (κ1) is 64.1. The van der Waals surface area contributed by atoms with Gasteiger partial charge in [0.05, 0.1) is 26.4 Å². The molecule has 410 valence electrons. The lowest BCUT2D eigenvalue weighted by atomic mass is 9.98. The molecule has 11 unspecified atom stereocenters. The average molecular weight is 991 g/mol. The monoisotopic (exact) mass is 991 g/mol. The Morgan fingerprint density at radius 1 is 0.420 bits per heavy atom. The third kappa shape index (κ3) is 30.7. The van der Waals surface area contributed by atoms with Crippen LogP contribution in [0.25, 0.3) is 0 Å². The largest absolute Gasteiger partial charge is 0.457 e. The summed E-state index contributed by atoms with van der Waals surface area (Å²) in [6.45, 7) is 3.75. The van der Waals surface area contributed by atoms with Crippen molar-refractivity contribution in [3.63, 3.8) is 0 Å². The van der Waals surface area contributed by atoms with Crippen LogP contribution < -0.4 is 0 Å². The van der Waals surface area contributed by atoms with Crippen molar-refractivity contribution >= 4 is 5.97 Å². The van der Waals surface area contributed by atoms with Crippen molar-refractivity contribution in [2.75, 3.05) is 33.0 Å². The van der Waals surface area contributed by atoms with Crippen molar-refractivity contribution in [1.29, 1.82) is 0 Å². The van der Waals surface area contributed by atoms with Crippen molar-refractivity contribution in [3.05, 3.63) is 0 Å². The number of aliphatic hydroxyl groups excluding tert-OH is 7. The quantitative estimate of drug-likeness (QED) is 0.0223. The molecule has 0 amide bonds. The van der Waals surface area contributed by atoms with E-state index >= 15 is 0 Å². The summed E-state index contributed by atoms with van der Waals surface area (Å²) >= 11 is 0. The molecule has 7 N–H and O–H groups in total. The fourth-order valence-electron chi connectivity index (χ4n) is 9.46. The Morgan fingerprint density at radius 3 is 1.17 bits per heavy atom. The molecule has 2 saturated heterocycles. The predicted octanol–water partition coefficient (Wildman–Crippen LogP) is 9.64. The fraction of sp³-hybridized carbons (Fsp3) is 0.982. The summed E-state index contributed by atoms with van der Waals surface area (Å²) in [6, 6.07) is 0. The first-order valence-corrected chi connectivity index (χ1v) is 28.6. The molecule has 0 aromatic heterocycles. The van der Waals surface area contributed by atoms with Crippen LogP contribution in [0.4, 0.5) is 0 Å². The molecule has 0 aromatic rings. The number of unbranched alkanes of at least 4 members (excludes halogenated alkanes) is 33. The predicted molar refractivity (Wildman–Crippen MR) is 271 cm³/mol. The Kier molecular flexibility index (Phi) is 40.3. The molecule has 0 aromatic carbocycles. The van der Waals surface area contributed by atoms with Gasteiger partial charge in [0.15, 0.2) is 12.6 Å². The van der Waals surface area contributed by atoms with E-state index in [1.165, 1.54) is 180 Å². The Morgan fingerprint density at radius 2 is 0.768 bits per heavy atom. The number of hydrogen-bond acceptors (Lipinski definition) is 14. The van der Waals surface area contributed by atoms with Crippen LogP contribution in [-0.4, -0.2) is 142 Å². The van der Waals surface area contributed by atoms with Crippen LogP contribution in [0.3, 0.4) is 0 Å². The first-order chi connectivity index (χ1) is 33.6. The van der Waals surface area contributed by atoms with E-state index in [2.05, 4.69) is 13.8 Å². The van der Waals surface area contributed by atoms with Crippen molar-refractivity contribution in [3.8, 4) is 0 Å². The van der Waals surface area contributed by atoms with Crippen molar-refractivity contribution in [2.24, 2.45) is 0 Å². The van der Waals surface area contributed by atoms with Gasteiger partial charge in [0.25, 0.3) is 0 Å². The van der Waals surface area contributed by atoms with Gasteiger partial charge in [-0.15, -0.1) is 0 Å². The van der Waals surface area contributed by atoms with Crippen molar-refractivity contribution in [2.45, 2.75) is 313 Å². The molecule has 0 bridgehead atoms. The second-order valence-corrected chi connectivity index (χ2v) is 20.5. The number of carbonyl (C=O) groups excluding carboxylic acids is 1. The lowest BCUT2D eigenvalue weighted by molar-refractivity contribution is -0.332. The highest BCUT2D eigenvalue weighted by molar-refractivity contribution is 5.69. The second-order valence-electron chi connectivity index (χ2n) is 20.5. The Labute approximate surface area is 419 Å². The summed E-state index contributed by atoms with van der Waals surface area (Å²) in [6.07, 6.45) is 28.9. The third-order valence-electron chi connectivity index (χ3n) is 14.1. The van der Waals surface area contributed by atoms with Crippen LogP contribution in [0.2, 0.25) is 0 Å². The van der Waals surface area contributed by atoms with E-state index < -0.39 is 80.7 Å². The van der Waals surface area contributed by atoms with Gasteiger partial charge in [-0.2, -0.15) is 0 Å². The van der Waals surface area contributed by atoms with Crippen molar-refractivity contribution in [1.82, 2.24) is 0 Å². The molecule has 11 atom stereocenters. The second kappa shape index (κ2) is 43.4. The van der Waals surface area contributed by atoms with Gasteiger partial charge in [0, 0.05) is 13.0 Å². The van der Waals surface area contributed by atoms with E-state index in [0.717, 1.165) is 44.9 Å². The van der Waals surface area contributed by atoms with E-state index in [9.17, 15) is 40.5 Å². The SMILES string of the molecule is CCCCCCCCCCCCCCCCCCCCCCCCCC(=O)OC(COCCCCCCCCCCCCCC)COC1OC(COC2OC(CO)C(O)C(O)C2O)C(O)C(O)C1O. The minimum Gasteiger partial charge on any atom is -0.457 e. The molecule has 69 heavy (non-hydrogen) atoms. The molecule has 0 aliphatic carbocycles. The van der Waals surface area contributed by atoms with Gasteiger partial charge in [-0.1, -0.05) is 226 Å². The molecule has 0 spiro atoms. The number of esters is 1. The van der Waals surface area contributed by atoms with E-state index in [0.29, 0.717) is 6.61 Å². The Bertz CT molecular complexity index is 1150. The molecule has 2 heterocycles. The minimum atomic E-state index is -1.70. The molecule has 0 radical (unpaired) electrons.